The van der Waals surface area contributed by atoms with Crippen LogP contribution in [0.25, 0.3) is 0 Å². The molecule has 1 aliphatic heterocycles. The van der Waals surface area contributed by atoms with Crippen molar-refractivity contribution in [2.45, 2.75) is 39.8 Å². The summed E-state index contributed by atoms with van der Waals surface area (Å²) < 4.78 is 0. The van der Waals surface area contributed by atoms with Gasteiger partial charge in [-0.05, 0) is 40.8 Å². The van der Waals surface area contributed by atoms with Gasteiger partial charge in [0.1, 0.15) is 0 Å². The lowest BCUT2D eigenvalue weighted by atomic mass is 9.87. The minimum absolute atomic E-state index is 0. The quantitative estimate of drug-likeness (QED) is 0.777. The number of nitrogens with zero attached hydrogens (tertiary/aromatic N) is 1. The Morgan fingerprint density at radius 1 is 1.21 bits per heavy atom. The lowest BCUT2D eigenvalue weighted by molar-refractivity contribution is -0.119. The molecule has 0 radical (unpaired) electrons. The minimum atomic E-state index is -0.597. The number of fused-ring (bicyclic) bond motifs is 1. The molecule has 150 valence electrons. The topological polar surface area (TPSA) is 75.4 Å². The van der Waals surface area contributed by atoms with Crippen molar-refractivity contribution in [2.24, 2.45) is 11.1 Å². The summed E-state index contributed by atoms with van der Waals surface area (Å²) in [5.74, 6) is -0.158. The molecule has 3 rings (SSSR count). The van der Waals surface area contributed by atoms with Crippen LogP contribution in [0, 0.1) is 5.41 Å². The Balaban J connectivity index is 0.00000280. The summed E-state index contributed by atoms with van der Waals surface area (Å²) in [5.41, 5.74) is 9.18. The lowest BCUT2D eigenvalue weighted by Crippen LogP contribution is -2.45. The Morgan fingerprint density at radius 3 is 2.46 bits per heavy atom. The maximum absolute atomic E-state index is 12.3. The molecular formula is C21H25Cl2N3O2. The van der Waals surface area contributed by atoms with Gasteiger partial charge in [-0.25, -0.2) is 0 Å². The molecule has 2 amide bonds. The van der Waals surface area contributed by atoms with Gasteiger partial charge in [0.05, 0.1) is 19.0 Å². The van der Waals surface area contributed by atoms with Gasteiger partial charge in [-0.2, -0.15) is 0 Å². The third kappa shape index (κ3) is 4.85. The second kappa shape index (κ2) is 8.52. The number of carbonyl (C=O) groups excluding carboxylic acids is 2. The predicted octanol–water partition coefficient (Wildman–Crippen LogP) is 4.16. The van der Waals surface area contributed by atoms with Crippen LogP contribution >= 0.6 is 24.0 Å². The highest BCUT2D eigenvalue weighted by Crippen LogP contribution is 2.32. The number of halogens is 2. The van der Waals surface area contributed by atoms with Crippen LogP contribution in [0.2, 0.25) is 5.02 Å². The number of hydrogen-bond acceptors (Lipinski definition) is 3. The minimum Gasteiger partial charge on any atom is -0.325 e. The summed E-state index contributed by atoms with van der Waals surface area (Å²) in [5, 5.41) is 3.45. The van der Waals surface area contributed by atoms with E-state index in [1.54, 1.807) is 11.0 Å². The van der Waals surface area contributed by atoms with E-state index in [2.05, 4.69) is 5.32 Å². The highest BCUT2D eigenvalue weighted by atomic mass is 35.5. The molecule has 2 aromatic rings. The Kier molecular flexibility index (Phi) is 6.75. The van der Waals surface area contributed by atoms with Crippen molar-refractivity contribution in [3.8, 4) is 0 Å². The van der Waals surface area contributed by atoms with Crippen LogP contribution in [0.1, 0.15) is 31.9 Å². The van der Waals surface area contributed by atoms with E-state index in [1.165, 1.54) is 0 Å². The highest BCUT2D eigenvalue weighted by Gasteiger charge is 2.28. The zero-order valence-electron chi connectivity index (χ0n) is 16.2. The zero-order chi connectivity index (χ0) is 19.8. The van der Waals surface area contributed by atoms with Crippen molar-refractivity contribution in [1.82, 2.24) is 0 Å². The Hall–Kier alpha value is -2.08. The molecule has 1 atom stereocenters. The highest BCUT2D eigenvalue weighted by molar-refractivity contribution is 6.31. The molecule has 7 heteroatoms. The van der Waals surface area contributed by atoms with Gasteiger partial charge in [0.2, 0.25) is 11.8 Å². The summed E-state index contributed by atoms with van der Waals surface area (Å²) >= 11 is 6.08. The summed E-state index contributed by atoms with van der Waals surface area (Å²) in [7, 11) is 0. The summed E-state index contributed by atoms with van der Waals surface area (Å²) in [6.07, 6.45) is 0.394. The summed E-state index contributed by atoms with van der Waals surface area (Å²) in [6, 6.07) is 12.4. The van der Waals surface area contributed by atoms with Crippen molar-refractivity contribution in [1.29, 1.82) is 0 Å². The number of amides is 2. The normalized spacial score (nSPS) is 14.3. The lowest BCUT2D eigenvalue weighted by Gasteiger charge is -2.25. The van der Waals surface area contributed by atoms with Gasteiger partial charge in [-0.3, -0.25) is 9.59 Å². The van der Waals surface area contributed by atoms with Crippen LogP contribution < -0.4 is 16.0 Å². The van der Waals surface area contributed by atoms with E-state index >= 15 is 0 Å². The molecule has 0 fully saturated rings. The number of hydrogen-bond donors (Lipinski definition) is 2. The molecule has 0 saturated heterocycles. The zero-order valence-corrected chi connectivity index (χ0v) is 17.7. The Morgan fingerprint density at radius 2 is 1.86 bits per heavy atom. The van der Waals surface area contributed by atoms with Crippen molar-refractivity contribution >= 4 is 47.2 Å². The van der Waals surface area contributed by atoms with Crippen LogP contribution in [0.15, 0.2) is 42.5 Å². The first-order valence-corrected chi connectivity index (χ1v) is 9.27. The molecule has 0 spiro atoms. The van der Waals surface area contributed by atoms with Crippen LogP contribution in [-0.4, -0.2) is 17.9 Å². The first-order chi connectivity index (χ1) is 12.6. The van der Waals surface area contributed by atoms with E-state index in [0.29, 0.717) is 23.7 Å². The second-order valence-electron chi connectivity index (χ2n) is 7.96. The number of rotatable bonds is 4. The Bertz CT molecular complexity index is 876. The van der Waals surface area contributed by atoms with Gasteiger partial charge < -0.3 is 16.0 Å². The van der Waals surface area contributed by atoms with Crippen molar-refractivity contribution in [3.05, 3.63) is 58.6 Å². The average Bonchev–Trinajstić information content (AvgIpc) is 2.90. The van der Waals surface area contributed by atoms with Gasteiger partial charge in [0.15, 0.2) is 0 Å². The van der Waals surface area contributed by atoms with Crippen molar-refractivity contribution in [3.63, 3.8) is 0 Å². The number of carbonyl (C=O) groups is 2. The van der Waals surface area contributed by atoms with E-state index in [1.807, 2.05) is 57.2 Å². The van der Waals surface area contributed by atoms with Gasteiger partial charge in [0, 0.05) is 16.4 Å². The molecular weight excluding hydrogens is 397 g/mol. The number of benzene rings is 2. The number of nitrogens with one attached hydrogen (secondary N) is 1. The molecule has 0 aromatic heterocycles. The first-order valence-electron chi connectivity index (χ1n) is 8.89. The van der Waals surface area contributed by atoms with Gasteiger partial charge >= 0.3 is 0 Å². The van der Waals surface area contributed by atoms with Gasteiger partial charge in [-0.15, -0.1) is 12.4 Å². The smallest absolute Gasteiger partial charge is 0.241 e. The van der Waals surface area contributed by atoms with Crippen LogP contribution in [0.3, 0.4) is 0 Å². The molecule has 0 aliphatic carbocycles. The van der Waals surface area contributed by atoms with E-state index in [-0.39, 0.29) is 29.6 Å². The SMILES string of the molecule is CC(C)(C)[C@H](N)C(=O)Nc1ccc(CN2C(=O)Cc3ccc(Cl)cc32)cc1.Cl. The Labute approximate surface area is 176 Å². The third-order valence-corrected chi connectivity index (χ3v) is 4.99. The molecule has 5 nitrogen and oxygen atoms in total. The molecule has 0 unspecified atom stereocenters. The molecule has 2 aromatic carbocycles. The molecule has 0 bridgehead atoms. The maximum atomic E-state index is 12.3. The van der Waals surface area contributed by atoms with Gasteiger partial charge in [0.25, 0.3) is 0 Å². The largest absolute Gasteiger partial charge is 0.325 e. The third-order valence-electron chi connectivity index (χ3n) is 4.76. The van der Waals surface area contributed by atoms with Crippen molar-refractivity contribution in [2.75, 3.05) is 10.2 Å². The monoisotopic (exact) mass is 421 g/mol. The van der Waals surface area contributed by atoms with E-state index < -0.39 is 6.04 Å². The number of anilines is 2. The molecule has 3 N–H and O–H groups in total. The van der Waals surface area contributed by atoms with E-state index in [0.717, 1.165) is 16.8 Å². The molecule has 1 heterocycles. The fourth-order valence-electron chi connectivity index (χ4n) is 2.99. The summed E-state index contributed by atoms with van der Waals surface area (Å²) in [4.78, 5) is 26.3. The van der Waals surface area contributed by atoms with Crippen molar-refractivity contribution < 1.29 is 9.59 Å². The fraction of sp³-hybridized carbons (Fsp3) is 0.333. The fourth-order valence-corrected chi connectivity index (χ4v) is 3.16. The standard InChI is InChI=1S/C21H24ClN3O2.ClH/c1-21(2,3)19(23)20(27)24-16-8-4-13(5-9-16)12-25-17-11-15(22)7-6-14(17)10-18(25)26;/h4-9,11,19H,10,12,23H2,1-3H3,(H,24,27);1H/t19-;/m1./s1. The van der Waals surface area contributed by atoms with Gasteiger partial charge in [-0.1, -0.05) is 50.6 Å². The average molecular weight is 422 g/mol. The van der Waals surface area contributed by atoms with Crippen LogP contribution in [-0.2, 0) is 22.6 Å². The van der Waals surface area contributed by atoms with Crippen LogP contribution in [0.4, 0.5) is 11.4 Å². The molecule has 1 aliphatic rings. The second-order valence-corrected chi connectivity index (χ2v) is 8.40. The predicted molar refractivity (Wildman–Crippen MR) is 116 cm³/mol. The molecule has 0 saturated carbocycles. The molecule has 28 heavy (non-hydrogen) atoms. The van der Waals surface area contributed by atoms with Crippen LogP contribution in [0.5, 0.6) is 0 Å². The van der Waals surface area contributed by atoms with E-state index in [4.69, 9.17) is 17.3 Å². The first kappa shape index (κ1) is 22.2. The summed E-state index contributed by atoms with van der Waals surface area (Å²) in [6.45, 7) is 6.24. The number of nitrogens with two attached hydrogens (primary N) is 1. The van der Waals surface area contributed by atoms with E-state index in [9.17, 15) is 9.59 Å². The maximum Gasteiger partial charge on any atom is 0.241 e.